The Morgan fingerprint density at radius 3 is 2.22 bits per heavy atom. The van der Waals surface area contributed by atoms with E-state index in [0.717, 1.165) is 17.5 Å². The van der Waals surface area contributed by atoms with Crippen LogP contribution in [0.1, 0.15) is 32.6 Å². The van der Waals surface area contributed by atoms with E-state index in [0.29, 0.717) is 6.42 Å². The van der Waals surface area contributed by atoms with E-state index in [1.54, 1.807) is 0 Å². The Bertz CT molecular complexity index is 1080. The van der Waals surface area contributed by atoms with Crippen molar-refractivity contribution in [3.63, 3.8) is 0 Å². The fraction of sp³-hybridized carbons (Fsp3) is 0.115. The number of hydrogen-bond donors (Lipinski definition) is 0. The minimum Gasteiger partial charge on any atom is -0.294 e. The summed E-state index contributed by atoms with van der Waals surface area (Å²) < 4.78 is 0. The Morgan fingerprint density at radius 1 is 0.741 bits per heavy atom. The Kier molecular flexibility index (Phi) is 4.84. The molecule has 0 saturated carbocycles. The molecule has 4 aromatic carbocycles. The first-order valence-electron chi connectivity index (χ1n) is 9.34. The first-order valence-corrected chi connectivity index (χ1v) is 9.34. The van der Waals surface area contributed by atoms with Crippen molar-refractivity contribution in [3.8, 4) is 0 Å². The molecule has 0 saturated heterocycles. The fourth-order valence-electron chi connectivity index (χ4n) is 3.56. The zero-order chi connectivity index (χ0) is 18.6. The summed E-state index contributed by atoms with van der Waals surface area (Å²) >= 11 is 0. The molecule has 27 heavy (non-hydrogen) atoms. The van der Waals surface area contributed by atoms with E-state index in [4.69, 9.17) is 0 Å². The second-order valence-corrected chi connectivity index (χ2v) is 7.05. The van der Waals surface area contributed by atoms with Crippen LogP contribution >= 0.6 is 0 Å². The lowest BCUT2D eigenvalue weighted by Gasteiger charge is -2.14. The molecule has 1 heteroatoms. The van der Waals surface area contributed by atoms with Crippen molar-refractivity contribution in [2.45, 2.75) is 19.8 Å². The first kappa shape index (κ1) is 17.2. The molecule has 0 radical (unpaired) electrons. The van der Waals surface area contributed by atoms with Crippen LogP contribution in [0.3, 0.4) is 0 Å². The molecule has 4 aromatic rings. The maximum Gasteiger partial charge on any atom is 0.167 e. The lowest BCUT2D eigenvalue weighted by Crippen LogP contribution is -2.07. The van der Waals surface area contributed by atoms with Gasteiger partial charge in [0.05, 0.1) is 0 Å². The van der Waals surface area contributed by atoms with Crippen LogP contribution < -0.4 is 0 Å². The van der Waals surface area contributed by atoms with Crippen LogP contribution in [-0.4, -0.2) is 5.78 Å². The van der Waals surface area contributed by atoms with Gasteiger partial charge in [0.25, 0.3) is 0 Å². The van der Waals surface area contributed by atoms with Gasteiger partial charge in [-0.1, -0.05) is 96.6 Å². The average Bonchev–Trinajstić information content (AvgIpc) is 2.72. The minimum atomic E-state index is 0.163. The Labute approximate surface area is 160 Å². The van der Waals surface area contributed by atoms with Gasteiger partial charge in [-0.15, -0.1) is 0 Å². The molecule has 0 aliphatic rings. The van der Waals surface area contributed by atoms with Gasteiger partial charge in [0.15, 0.2) is 5.78 Å². The third-order valence-electron chi connectivity index (χ3n) is 5.09. The van der Waals surface area contributed by atoms with Gasteiger partial charge >= 0.3 is 0 Å². The standard InChI is InChI=1S/C26H22O/c1-19-11-13-20(14-12-19)17-25-23(16-15-21-7-5-6-10-24(21)25)18-26(27)22-8-3-2-4-9-22/h2-16H,17-18H2,1H3. The first-order chi connectivity index (χ1) is 13.2. The zero-order valence-corrected chi connectivity index (χ0v) is 15.5. The van der Waals surface area contributed by atoms with Crippen molar-refractivity contribution in [1.82, 2.24) is 0 Å². The maximum atomic E-state index is 12.8. The predicted molar refractivity (Wildman–Crippen MR) is 112 cm³/mol. The molecule has 0 aromatic heterocycles. The van der Waals surface area contributed by atoms with E-state index in [2.05, 4.69) is 67.6 Å². The number of carbonyl (C=O) groups is 1. The maximum absolute atomic E-state index is 12.8. The summed E-state index contributed by atoms with van der Waals surface area (Å²) in [6.07, 6.45) is 1.26. The normalized spacial score (nSPS) is 10.9. The summed E-state index contributed by atoms with van der Waals surface area (Å²) in [7, 11) is 0. The van der Waals surface area contributed by atoms with E-state index in [1.807, 2.05) is 30.3 Å². The Morgan fingerprint density at radius 2 is 1.44 bits per heavy atom. The molecular formula is C26H22O. The lowest BCUT2D eigenvalue weighted by atomic mass is 9.90. The number of fused-ring (bicyclic) bond motifs is 1. The van der Waals surface area contributed by atoms with Crippen LogP contribution in [0.25, 0.3) is 10.8 Å². The summed E-state index contributed by atoms with van der Waals surface area (Å²) in [5, 5.41) is 2.45. The van der Waals surface area contributed by atoms with E-state index in [-0.39, 0.29) is 5.78 Å². The number of rotatable bonds is 5. The largest absolute Gasteiger partial charge is 0.294 e. The smallest absolute Gasteiger partial charge is 0.167 e. The Balaban J connectivity index is 1.75. The van der Waals surface area contributed by atoms with Gasteiger partial charge in [-0.2, -0.15) is 0 Å². The third kappa shape index (κ3) is 3.83. The highest BCUT2D eigenvalue weighted by molar-refractivity contribution is 5.98. The molecule has 0 spiro atoms. The molecule has 0 aliphatic carbocycles. The van der Waals surface area contributed by atoms with Crippen LogP contribution in [0.5, 0.6) is 0 Å². The van der Waals surface area contributed by atoms with Crippen LogP contribution in [0, 0.1) is 6.92 Å². The third-order valence-corrected chi connectivity index (χ3v) is 5.09. The molecule has 0 unspecified atom stereocenters. The molecule has 0 N–H and O–H groups in total. The number of Topliss-reactive ketones (excluding diaryl/α,β-unsaturated/α-hetero) is 1. The summed E-state index contributed by atoms with van der Waals surface area (Å²) in [5.74, 6) is 0.163. The predicted octanol–water partition coefficient (Wildman–Crippen LogP) is 6.16. The van der Waals surface area contributed by atoms with E-state index < -0.39 is 0 Å². The second kappa shape index (κ2) is 7.59. The molecule has 1 nitrogen and oxygen atoms in total. The molecule has 0 fully saturated rings. The van der Waals surface area contributed by atoms with Crippen LogP contribution in [-0.2, 0) is 12.8 Å². The van der Waals surface area contributed by atoms with E-state index in [1.165, 1.54) is 27.5 Å². The van der Waals surface area contributed by atoms with Crippen molar-refractivity contribution in [2.24, 2.45) is 0 Å². The number of aryl methyl sites for hydroxylation is 1. The number of benzene rings is 4. The van der Waals surface area contributed by atoms with Crippen molar-refractivity contribution in [1.29, 1.82) is 0 Å². The molecule has 0 heterocycles. The molecule has 0 amide bonds. The highest BCUT2D eigenvalue weighted by atomic mass is 16.1. The summed E-state index contributed by atoms with van der Waals surface area (Å²) in [5.41, 5.74) is 5.66. The van der Waals surface area contributed by atoms with Crippen molar-refractivity contribution < 1.29 is 4.79 Å². The van der Waals surface area contributed by atoms with Crippen LogP contribution in [0.15, 0.2) is 91.0 Å². The molecule has 0 bridgehead atoms. The summed E-state index contributed by atoms with van der Waals surface area (Å²) in [4.78, 5) is 12.8. The number of hydrogen-bond acceptors (Lipinski definition) is 1. The molecule has 0 aliphatic heterocycles. The molecule has 4 rings (SSSR count). The van der Waals surface area contributed by atoms with E-state index in [9.17, 15) is 4.79 Å². The molecular weight excluding hydrogens is 328 g/mol. The van der Waals surface area contributed by atoms with E-state index >= 15 is 0 Å². The number of carbonyl (C=O) groups excluding carboxylic acids is 1. The Hall–Kier alpha value is -3.19. The van der Waals surface area contributed by atoms with Crippen LogP contribution in [0.4, 0.5) is 0 Å². The van der Waals surface area contributed by atoms with Gasteiger partial charge in [-0.05, 0) is 40.8 Å². The van der Waals surface area contributed by atoms with Gasteiger partial charge in [0, 0.05) is 12.0 Å². The SMILES string of the molecule is Cc1ccc(Cc2c(CC(=O)c3ccccc3)ccc3ccccc23)cc1. The highest BCUT2D eigenvalue weighted by Crippen LogP contribution is 2.26. The zero-order valence-electron chi connectivity index (χ0n) is 15.5. The minimum absolute atomic E-state index is 0.163. The van der Waals surface area contributed by atoms with Gasteiger partial charge in [-0.3, -0.25) is 4.79 Å². The van der Waals surface area contributed by atoms with Crippen LogP contribution in [0.2, 0.25) is 0 Å². The molecule has 132 valence electrons. The summed E-state index contributed by atoms with van der Waals surface area (Å²) in [6.45, 7) is 2.10. The van der Waals surface area contributed by atoms with Gasteiger partial charge in [0.2, 0.25) is 0 Å². The van der Waals surface area contributed by atoms with Gasteiger partial charge in [0.1, 0.15) is 0 Å². The summed E-state index contributed by atoms with van der Waals surface area (Å²) in [6, 6.07) is 30.9. The topological polar surface area (TPSA) is 17.1 Å². The lowest BCUT2D eigenvalue weighted by molar-refractivity contribution is 0.0993. The fourth-order valence-corrected chi connectivity index (χ4v) is 3.56. The van der Waals surface area contributed by atoms with Crippen molar-refractivity contribution in [2.75, 3.05) is 0 Å². The monoisotopic (exact) mass is 350 g/mol. The second-order valence-electron chi connectivity index (χ2n) is 7.05. The average molecular weight is 350 g/mol. The highest BCUT2D eigenvalue weighted by Gasteiger charge is 2.13. The van der Waals surface area contributed by atoms with Crippen molar-refractivity contribution >= 4 is 16.6 Å². The van der Waals surface area contributed by atoms with Gasteiger partial charge < -0.3 is 0 Å². The molecule has 0 atom stereocenters. The number of ketones is 1. The van der Waals surface area contributed by atoms with Crippen molar-refractivity contribution in [3.05, 3.63) is 119 Å². The quantitative estimate of drug-likeness (QED) is 0.394. The van der Waals surface area contributed by atoms with Gasteiger partial charge in [-0.25, -0.2) is 0 Å².